The molecule has 0 saturated carbocycles. The van der Waals surface area contributed by atoms with E-state index >= 15 is 0 Å². The van der Waals surface area contributed by atoms with Gasteiger partial charge in [-0.25, -0.2) is 22.7 Å². The minimum Gasteiger partial charge on any atom is -0.480 e. The first kappa shape index (κ1) is 31.6. The number of benzene rings is 3. The number of ether oxygens (including phenoxy) is 1. The van der Waals surface area contributed by atoms with Crippen LogP contribution in [0.15, 0.2) is 70.6 Å². The number of carboxylic acid groups (broad SMARTS) is 1. The van der Waals surface area contributed by atoms with Crippen LogP contribution in [0.3, 0.4) is 0 Å². The van der Waals surface area contributed by atoms with Crippen molar-refractivity contribution in [1.29, 1.82) is 0 Å². The summed E-state index contributed by atoms with van der Waals surface area (Å²) in [6.45, 7) is 5.61. The zero-order valence-corrected chi connectivity index (χ0v) is 25.9. The van der Waals surface area contributed by atoms with Crippen molar-refractivity contribution in [2.45, 2.75) is 50.5 Å². The van der Waals surface area contributed by atoms with Crippen LogP contribution >= 0.6 is 0 Å². The van der Waals surface area contributed by atoms with Crippen LogP contribution < -0.4 is 10.0 Å². The average Bonchev–Trinajstić information content (AvgIpc) is 3.25. The summed E-state index contributed by atoms with van der Waals surface area (Å²) in [4.78, 5) is 30.6. The maximum absolute atomic E-state index is 13.2. The van der Waals surface area contributed by atoms with Crippen molar-refractivity contribution in [3.8, 4) is 11.1 Å². The predicted octanol–water partition coefficient (Wildman–Crippen LogP) is 4.58. The first-order chi connectivity index (χ1) is 20.4. The molecule has 0 fully saturated rings. The minimum atomic E-state index is -3.91. The molecule has 0 aliphatic heterocycles. The summed E-state index contributed by atoms with van der Waals surface area (Å²) in [7, 11) is -0.583. The van der Waals surface area contributed by atoms with E-state index in [9.17, 15) is 23.1 Å². The number of fused-ring (bicyclic) bond motifs is 3. The molecule has 1 atom stereocenters. The molecule has 228 valence electrons. The number of amides is 1. The van der Waals surface area contributed by atoms with Crippen molar-refractivity contribution in [3.05, 3.63) is 88.5 Å². The quantitative estimate of drug-likeness (QED) is 0.175. The van der Waals surface area contributed by atoms with E-state index in [0.29, 0.717) is 11.1 Å². The molecule has 3 aromatic rings. The van der Waals surface area contributed by atoms with Gasteiger partial charge in [-0.2, -0.15) is 0 Å². The number of hydrogen-bond acceptors (Lipinski definition) is 6. The Bertz CT molecular complexity index is 1580. The second-order valence-electron chi connectivity index (χ2n) is 10.9. The normalized spacial score (nSPS) is 13.6. The highest BCUT2D eigenvalue weighted by Gasteiger charge is 2.30. The Morgan fingerprint density at radius 1 is 0.977 bits per heavy atom. The van der Waals surface area contributed by atoms with E-state index in [-0.39, 0.29) is 42.8 Å². The fraction of sp³-hybridized carbons (Fsp3) is 0.344. The Morgan fingerprint density at radius 3 is 2.07 bits per heavy atom. The van der Waals surface area contributed by atoms with E-state index in [1.807, 2.05) is 67.6 Å². The molecule has 43 heavy (non-hydrogen) atoms. The Labute approximate surface area is 252 Å². The molecule has 0 radical (unpaired) electrons. The van der Waals surface area contributed by atoms with Crippen molar-refractivity contribution in [1.82, 2.24) is 14.9 Å². The van der Waals surface area contributed by atoms with Gasteiger partial charge in [0, 0.05) is 26.6 Å². The molecule has 0 spiro atoms. The molecule has 0 heterocycles. The van der Waals surface area contributed by atoms with Gasteiger partial charge >= 0.3 is 12.1 Å². The number of guanidine groups is 1. The van der Waals surface area contributed by atoms with E-state index in [1.165, 1.54) is 0 Å². The molecule has 1 amide bonds. The Hall–Kier alpha value is -4.38. The third-order valence-corrected chi connectivity index (χ3v) is 9.00. The van der Waals surface area contributed by atoms with Crippen LogP contribution in [0.25, 0.3) is 11.1 Å². The smallest absolute Gasteiger partial charge is 0.407 e. The summed E-state index contributed by atoms with van der Waals surface area (Å²) in [5.74, 6) is -1.22. The van der Waals surface area contributed by atoms with Crippen LogP contribution in [0.5, 0.6) is 0 Å². The summed E-state index contributed by atoms with van der Waals surface area (Å²) < 4.78 is 34.4. The van der Waals surface area contributed by atoms with Crippen LogP contribution in [0.2, 0.25) is 0 Å². The van der Waals surface area contributed by atoms with Gasteiger partial charge in [-0.15, -0.1) is 0 Å². The SMILES string of the molecule is Cc1cc(C)c(S(=O)(=O)NC(=NCCC[C@H](NC(=O)OCC2c3ccccc3-c3ccccc32)C(=O)O)N(C)C)c(C)c1. The maximum Gasteiger partial charge on any atom is 0.407 e. The molecule has 0 bridgehead atoms. The number of carbonyl (C=O) groups is 2. The Balaban J connectivity index is 1.34. The standard InChI is InChI=1S/C32H38N4O6S/c1-20-17-21(2)29(22(3)18-20)43(40,41)35-31(36(4)5)33-16-10-15-28(30(37)38)34-32(39)42-19-27-25-13-8-6-11-23(25)24-12-7-9-14-26(24)27/h6-9,11-14,17-18,27-28H,10,15-16,19H2,1-5H3,(H,33,35)(H,34,39)(H,37,38)/t28-/m0/s1. The molecular formula is C32H38N4O6S. The first-order valence-corrected chi connectivity index (χ1v) is 15.5. The third-order valence-electron chi connectivity index (χ3n) is 7.37. The molecular weight excluding hydrogens is 568 g/mol. The average molecular weight is 607 g/mol. The lowest BCUT2D eigenvalue weighted by Gasteiger charge is -2.20. The topological polar surface area (TPSA) is 137 Å². The molecule has 0 unspecified atom stereocenters. The summed E-state index contributed by atoms with van der Waals surface area (Å²) in [5, 5.41) is 12.1. The Morgan fingerprint density at radius 2 is 1.53 bits per heavy atom. The highest BCUT2D eigenvalue weighted by molar-refractivity contribution is 7.90. The van der Waals surface area contributed by atoms with E-state index in [2.05, 4.69) is 15.0 Å². The molecule has 1 aliphatic rings. The van der Waals surface area contributed by atoms with Crippen LogP contribution in [-0.2, 0) is 19.6 Å². The predicted molar refractivity (Wildman–Crippen MR) is 166 cm³/mol. The van der Waals surface area contributed by atoms with E-state index in [0.717, 1.165) is 27.8 Å². The van der Waals surface area contributed by atoms with Gasteiger partial charge < -0.3 is 20.1 Å². The number of rotatable bonds is 10. The van der Waals surface area contributed by atoms with Crippen molar-refractivity contribution in [2.75, 3.05) is 27.2 Å². The minimum absolute atomic E-state index is 0.0722. The van der Waals surface area contributed by atoms with Crippen molar-refractivity contribution in [2.24, 2.45) is 4.99 Å². The first-order valence-electron chi connectivity index (χ1n) is 14.1. The number of nitrogens with zero attached hydrogens (tertiary/aromatic N) is 2. The number of aryl methyl sites for hydroxylation is 3. The van der Waals surface area contributed by atoms with Gasteiger partial charge in [0.1, 0.15) is 12.6 Å². The lowest BCUT2D eigenvalue weighted by atomic mass is 9.98. The largest absolute Gasteiger partial charge is 0.480 e. The zero-order valence-electron chi connectivity index (χ0n) is 25.0. The lowest BCUT2D eigenvalue weighted by molar-refractivity contribution is -0.139. The monoisotopic (exact) mass is 606 g/mol. The van der Waals surface area contributed by atoms with Crippen molar-refractivity contribution >= 4 is 28.0 Å². The van der Waals surface area contributed by atoms with E-state index < -0.39 is 28.1 Å². The molecule has 4 rings (SSSR count). The van der Waals surface area contributed by atoms with E-state index in [4.69, 9.17) is 4.74 Å². The molecule has 0 aromatic heterocycles. The number of aliphatic carboxylic acids is 1. The molecule has 10 nitrogen and oxygen atoms in total. The molecule has 11 heteroatoms. The van der Waals surface area contributed by atoms with Gasteiger partial charge in [0.05, 0.1) is 4.90 Å². The summed E-state index contributed by atoms with van der Waals surface area (Å²) in [6, 6.07) is 18.3. The molecule has 3 aromatic carbocycles. The van der Waals surface area contributed by atoms with Gasteiger partial charge in [-0.1, -0.05) is 66.2 Å². The summed E-state index contributed by atoms with van der Waals surface area (Å²) in [5.41, 5.74) is 6.54. The number of alkyl carbamates (subject to hydrolysis) is 1. The number of carbonyl (C=O) groups excluding carboxylic acids is 1. The lowest BCUT2D eigenvalue weighted by Crippen LogP contribution is -2.42. The zero-order chi connectivity index (χ0) is 31.3. The van der Waals surface area contributed by atoms with Crippen LogP contribution in [-0.4, -0.2) is 69.7 Å². The second kappa shape index (κ2) is 13.3. The number of carboxylic acids is 1. The van der Waals surface area contributed by atoms with E-state index in [1.54, 1.807) is 32.8 Å². The van der Waals surface area contributed by atoms with Crippen molar-refractivity contribution < 1.29 is 27.9 Å². The second-order valence-corrected chi connectivity index (χ2v) is 12.6. The number of sulfonamides is 1. The van der Waals surface area contributed by atoms with Gasteiger partial charge in [-0.05, 0) is 67.0 Å². The number of hydrogen-bond donors (Lipinski definition) is 3. The summed E-state index contributed by atoms with van der Waals surface area (Å²) in [6.07, 6.45) is -0.460. The van der Waals surface area contributed by atoms with Gasteiger partial charge in [0.25, 0.3) is 10.0 Å². The molecule has 3 N–H and O–H groups in total. The van der Waals surface area contributed by atoms with Gasteiger partial charge in [0.2, 0.25) is 5.96 Å². The van der Waals surface area contributed by atoms with Gasteiger partial charge in [-0.3, -0.25) is 4.99 Å². The highest BCUT2D eigenvalue weighted by atomic mass is 32.2. The number of aliphatic imine (C=N–C) groups is 1. The summed E-state index contributed by atoms with van der Waals surface area (Å²) >= 11 is 0. The van der Waals surface area contributed by atoms with Crippen LogP contribution in [0, 0.1) is 20.8 Å². The van der Waals surface area contributed by atoms with Crippen molar-refractivity contribution in [3.63, 3.8) is 0 Å². The maximum atomic E-state index is 13.2. The van der Waals surface area contributed by atoms with Crippen LogP contribution in [0.1, 0.15) is 46.6 Å². The molecule has 0 saturated heterocycles. The highest BCUT2D eigenvalue weighted by Crippen LogP contribution is 2.44. The number of nitrogens with one attached hydrogen (secondary N) is 2. The fourth-order valence-electron chi connectivity index (χ4n) is 5.55. The van der Waals surface area contributed by atoms with Crippen LogP contribution in [0.4, 0.5) is 4.79 Å². The molecule has 1 aliphatic carbocycles. The van der Waals surface area contributed by atoms with Gasteiger partial charge in [0.15, 0.2) is 0 Å². The third kappa shape index (κ3) is 7.34. The Kier molecular flexibility index (Phi) is 9.75. The fourth-order valence-corrected chi connectivity index (χ4v) is 7.10.